The fourth-order valence-electron chi connectivity index (χ4n) is 3.76. The third kappa shape index (κ3) is 3.84. The van der Waals surface area contributed by atoms with E-state index in [1.165, 1.54) is 32.3 Å². The first-order valence-corrected chi connectivity index (χ1v) is 9.96. The summed E-state index contributed by atoms with van der Waals surface area (Å²) in [4.78, 5) is 15.1. The predicted octanol–water partition coefficient (Wildman–Crippen LogP) is 4.43. The number of furan rings is 1. The molecule has 1 aromatic carbocycles. The minimum Gasteiger partial charge on any atom is -0.492 e. The van der Waals surface area contributed by atoms with Crippen molar-refractivity contribution in [2.45, 2.75) is 12.8 Å². The summed E-state index contributed by atoms with van der Waals surface area (Å²) in [5, 5.41) is 0. The normalized spacial score (nSPS) is 14.5. The van der Waals surface area contributed by atoms with Crippen molar-refractivity contribution in [2.75, 3.05) is 26.2 Å². The summed E-state index contributed by atoms with van der Waals surface area (Å²) in [6.45, 7) is 4.10. The minimum atomic E-state index is 0.719. The Hall–Kier alpha value is -3.25. The highest BCUT2D eigenvalue weighted by Crippen LogP contribution is 2.33. The Balaban J connectivity index is 1.34. The van der Waals surface area contributed by atoms with Gasteiger partial charge in [-0.15, -0.1) is 0 Å². The maximum Gasteiger partial charge on any atom is 0.161 e. The number of nitrogens with zero attached hydrogens (tertiary/aromatic N) is 4. The lowest BCUT2D eigenvalue weighted by atomic mass is 10.1. The fraction of sp³-hybridized carbons (Fsp3) is 0.261. The maximum atomic E-state index is 6.16. The Morgan fingerprint density at radius 2 is 1.76 bits per heavy atom. The number of likely N-dealkylation sites (tertiary alicyclic amines) is 1. The molecule has 0 N–H and O–H groups in total. The van der Waals surface area contributed by atoms with Crippen molar-refractivity contribution in [1.29, 1.82) is 0 Å². The summed E-state index contributed by atoms with van der Waals surface area (Å²) < 4.78 is 12.1. The number of pyridine rings is 1. The van der Waals surface area contributed by atoms with Crippen LogP contribution < -0.4 is 4.74 Å². The molecule has 146 valence electrons. The molecule has 0 atom stereocenters. The number of aromatic nitrogens is 3. The van der Waals surface area contributed by atoms with E-state index >= 15 is 0 Å². The van der Waals surface area contributed by atoms with Crippen LogP contribution in [0.3, 0.4) is 0 Å². The van der Waals surface area contributed by atoms with Crippen molar-refractivity contribution in [1.82, 2.24) is 19.9 Å². The van der Waals surface area contributed by atoms with Crippen molar-refractivity contribution >= 4 is 11.1 Å². The van der Waals surface area contributed by atoms with Crippen LogP contribution in [0.5, 0.6) is 5.75 Å². The number of rotatable bonds is 6. The van der Waals surface area contributed by atoms with E-state index in [2.05, 4.69) is 19.9 Å². The van der Waals surface area contributed by atoms with Crippen molar-refractivity contribution in [2.24, 2.45) is 0 Å². The Morgan fingerprint density at radius 3 is 2.55 bits per heavy atom. The highest BCUT2D eigenvalue weighted by atomic mass is 16.5. The van der Waals surface area contributed by atoms with Crippen LogP contribution in [0.4, 0.5) is 0 Å². The van der Waals surface area contributed by atoms with Crippen molar-refractivity contribution in [3.8, 4) is 28.2 Å². The van der Waals surface area contributed by atoms with E-state index in [0.717, 1.165) is 52.5 Å². The molecule has 0 bridgehead atoms. The summed E-state index contributed by atoms with van der Waals surface area (Å²) in [5.74, 6) is 1.66. The second-order valence-corrected chi connectivity index (χ2v) is 7.23. The van der Waals surface area contributed by atoms with Gasteiger partial charge in [-0.05, 0) is 56.3 Å². The lowest BCUT2D eigenvalue weighted by Crippen LogP contribution is -2.25. The van der Waals surface area contributed by atoms with Crippen LogP contribution >= 0.6 is 0 Å². The molecule has 0 saturated carbocycles. The molecule has 5 rings (SSSR count). The molecule has 6 nitrogen and oxygen atoms in total. The van der Waals surface area contributed by atoms with Crippen molar-refractivity contribution < 1.29 is 9.15 Å². The van der Waals surface area contributed by atoms with E-state index < -0.39 is 0 Å². The van der Waals surface area contributed by atoms with Gasteiger partial charge in [0.2, 0.25) is 0 Å². The van der Waals surface area contributed by atoms with Gasteiger partial charge in [0.15, 0.2) is 5.58 Å². The third-order valence-electron chi connectivity index (χ3n) is 5.30. The maximum absolute atomic E-state index is 6.16. The van der Waals surface area contributed by atoms with Crippen LogP contribution in [0.15, 0.2) is 65.7 Å². The van der Waals surface area contributed by atoms with Gasteiger partial charge in [0.1, 0.15) is 30.0 Å². The van der Waals surface area contributed by atoms with E-state index in [4.69, 9.17) is 9.15 Å². The molecule has 1 saturated heterocycles. The topological polar surface area (TPSA) is 64.3 Å². The Labute approximate surface area is 169 Å². The summed E-state index contributed by atoms with van der Waals surface area (Å²) >= 11 is 0. The molecule has 4 heterocycles. The Kier molecular flexibility index (Phi) is 4.92. The van der Waals surface area contributed by atoms with Crippen LogP contribution in [-0.2, 0) is 0 Å². The second-order valence-electron chi connectivity index (χ2n) is 7.23. The zero-order valence-electron chi connectivity index (χ0n) is 16.1. The summed E-state index contributed by atoms with van der Waals surface area (Å²) in [6, 6.07) is 11.9. The lowest BCUT2D eigenvalue weighted by molar-refractivity contribution is 0.238. The van der Waals surface area contributed by atoms with E-state index in [1.54, 1.807) is 18.6 Å². The van der Waals surface area contributed by atoms with Gasteiger partial charge in [-0.25, -0.2) is 9.97 Å². The van der Waals surface area contributed by atoms with Gasteiger partial charge in [-0.1, -0.05) is 0 Å². The van der Waals surface area contributed by atoms with Gasteiger partial charge in [0.05, 0.1) is 0 Å². The first-order chi connectivity index (χ1) is 14.4. The Bertz CT molecular complexity index is 1090. The fourth-order valence-corrected chi connectivity index (χ4v) is 3.76. The van der Waals surface area contributed by atoms with Crippen LogP contribution in [0.25, 0.3) is 33.6 Å². The van der Waals surface area contributed by atoms with Gasteiger partial charge >= 0.3 is 0 Å². The molecular weight excluding hydrogens is 364 g/mol. The highest BCUT2D eigenvalue weighted by Gasteiger charge is 2.13. The number of hydrogen-bond acceptors (Lipinski definition) is 6. The predicted molar refractivity (Wildman–Crippen MR) is 112 cm³/mol. The minimum absolute atomic E-state index is 0.719. The van der Waals surface area contributed by atoms with Gasteiger partial charge < -0.3 is 9.15 Å². The number of ether oxygens (including phenoxy) is 1. The molecule has 29 heavy (non-hydrogen) atoms. The first-order valence-electron chi connectivity index (χ1n) is 9.96. The van der Waals surface area contributed by atoms with Crippen LogP contribution in [0, 0.1) is 0 Å². The molecule has 0 radical (unpaired) electrons. The quantitative estimate of drug-likeness (QED) is 0.489. The second kappa shape index (κ2) is 8.01. The van der Waals surface area contributed by atoms with Crippen molar-refractivity contribution in [3.05, 3.63) is 61.3 Å². The van der Waals surface area contributed by atoms with E-state index in [-0.39, 0.29) is 0 Å². The van der Waals surface area contributed by atoms with Gasteiger partial charge in [0, 0.05) is 47.9 Å². The van der Waals surface area contributed by atoms with Crippen LogP contribution in [0.2, 0.25) is 0 Å². The molecule has 3 aromatic heterocycles. The number of benzene rings is 1. The van der Waals surface area contributed by atoms with E-state index in [0.29, 0.717) is 0 Å². The summed E-state index contributed by atoms with van der Waals surface area (Å²) in [6.07, 6.45) is 9.46. The number of hydrogen-bond donors (Lipinski definition) is 0. The summed E-state index contributed by atoms with van der Waals surface area (Å²) in [5.41, 5.74) is 4.38. The Morgan fingerprint density at radius 1 is 0.966 bits per heavy atom. The molecule has 0 amide bonds. The molecule has 0 spiro atoms. The van der Waals surface area contributed by atoms with Crippen LogP contribution in [0.1, 0.15) is 12.8 Å². The average molecular weight is 386 g/mol. The molecule has 1 aliphatic rings. The molecule has 4 aromatic rings. The monoisotopic (exact) mass is 386 g/mol. The van der Waals surface area contributed by atoms with E-state index in [1.807, 2.05) is 36.4 Å². The summed E-state index contributed by atoms with van der Waals surface area (Å²) in [7, 11) is 0. The van der Waals surface area contributed by atoms with Gasteiger partial charge in [-0.3, -0.25) is 9.88 Å². The largest absolute Gasteiger partial charge is 0.492 e. The molecule has 6 heteroatoms. The molecule has 1 aliphatic heterocycles. The smallest absolute Gasteiger partial charge is 0.161 e. The lowest BCUT2D eigenvalue weighted by Gasteiger charge is -2.14. The van der Waals surface area contributed by atoms with Gasteiger partial charge in [-0.2, -0.15) is 0 Å². The highest BCUT2D eigenvalue weighted by molar-refractivity contribution is 5.92. The van der Waals surface area contributed by atoms with Gasteiger partial charge in [0.25, 0.3) is 0 Å². The van der Waals surface area contributed by atoms with Crippen molar-refractivity contribution in [3.63, 3.8) is 0 Å². The van der Waals surface area contributed by atoms with Crippen LogP contribution in [-0.4, -0.2) is 46.1 Å². The molecule has 0 unspecified atom stereocenters. The standard InChI is InChI=1S/C23H22N4O2/c1-2-10-27(9-1)11-12-28-19-5-3-17(4-6-19)22-13-21-23(29-22)20(7-8-26-21)18-14-24-16-25-15-18/h3-8,13-16H,1-2,9-12H2. The number of fused-ring (bicyclic) bond motifs is 1. The first kappa shape index (κ1) is 17.8. The molecular formula is C23H22N4O2. The third-order valence-corrected chi connectivity index (χ3v) is 5.30. The molecule has 1 fully saturated rings. The molecule has 0 aliphatic carbocycles. The average Bonchev–Trinajstić information content (AvgIpc) is 3.44. The zero-order chi connectivity index (χ0) is 19.5. The SMILES string of the molecule is c1ncc(-c2ccnc3cc(-c4ccc(OCCN5CCCC5)cc4)oc23)cn1. The van der Waals surface area contributed by atoms with E-state index in [9.17, 15) is 0 Å². The zero-order valence-corrected chi connectivity index (χ0v) is 16.1.